The first kappa shape index (κ1) is 18.1. The van der Waals surface area contributed by atoms with Crippen LogP contribution >= 0.6 is 11.3 Å². The Hall–Kier alpha value is -3.26. The number of thiophene rings is 1. The summed E-state index contributed by atoms with van der Waals surface area (Å²) in [6.45, 7) is 1.96. The molecular weight excluding hydrogens is 374 g/mol. The van der Waals surface area contributed by atoms with E-state index in [2.05, 4.69) is 20.4 Å². The molecule has 1 atom stereocenters. The summed E-state index contributed by atoms with van der Waals surface area (Å²) in [5.74, 6) is 0.971. The van der Waals surface area contributed by atoms with E-state index in [1.807, 2.05) is 58.8 Å². The van der Waals surface area contributed by atoms with Crippen molar-refractivity contribution in [1.29, 1.82) is 0 Å². The number of aryl methyl sites for hydroxylation is 1. The minimum absolute atomic E-state index is 0.0542. The molecule has 0 radical (unpaired) electrons. The molecule has 0 aliphatic heterocycles. The average molecular weight is 393 g/mol. The molecular formula is C20H19N5O2S. The molecule has 1 N–H and O–H groups in total. The number of nitrogens with one attached hydrogen (secondary N) is 1. The van der Waals surface area contributed by atoms with Crippen LogP contribution in [0, 0.1) is 0 Å². The number of amides is 1. The van der Waals surface area contributed by atoms with E-state index in [0.717, 1.165) is 16.8 Å². The van der Waals surface area contributed by atoms with Crippen molar-refractivity contribution in [2.24, 2.45) is 0 Å². The summed E-state index contributed by atoms with van der Waals surface area (Å²) in [6, 6.07) is 9.87. The van der Waals surface area contributed by atoms with E-state index >= 15 is 0 Å². The summed E-state index contributed by atoms with van der Waals surface area (Å²) in [6.07, 6.45) is 6.09. The van der Waals surface area contributed by atoms with Crippen molar-refractivity contribution >= 4 is 17.2 Å². The fourth-order valence-corrected chi connectivity index (χ4v) is 3.46. The van der Waals surface area contributed by atoms with E-state index in [1.165, 1.54) is 0 Å². The van der Waals surface area contributed by atoms with E-state index in [4.69, 9.17) is 4.52 Å². The van der Waals surface area contributed by atoms with E-state index in [-0.39, 0.29) is 11.9 Å². The van der Waals surface area contributed by atoms with Gasteiger partial charge in [-0.2, -0.15) is 16.3 Å². The van der Waals surface area contributed by atoms with Crippen LogP contribution in [0.4, 0.5) is 0 Å². The van der Waals surface area contributed by atoms with E-state index < -0.39 is 0 Å². The minimum Gasteiger partial charge on any atom is -0.350 e. The van der Waals surface area contributed by atoms with Crippen LogP contribution in [0.15, 0.2) is 64.3 Å². The first-order valence-electron chi connectivity index (χ1n) is 8.92. The van der Waals surface area contributed by atoms with Crippen LogP contribution in [0.2, 0.25) is 0 Å². The standard InChI is InChI=1S/C20H19N5O2S/c1-14(15-2-4-17(5-3-15)25-10-9-21-13-25)22-18(26)6-7-19-23-20(24-27-19)16-8-11-28-12-16/h2-5,8-14H,6-7H2,1H3,(H,22,26). The molecule has 0 aliphatic carbocycles. The molecule has 8 heteroatoms. The number of imidazole rings is 1. The zero-order valence-electron chi connectivity index (χ0n) is 15.3. The molecule has 0 spiro atoms. The topological polar surface area (TPSA) is 85.8 Å². The lowest BCUT2D eigenvalue weighted by Gasteiger charge is -2.14. The highest BCUT2D eigenvalue weighted by Crippen LogP contribution is 2.19. The lowest BCUT2D eigenvalue weighted by atomic mass is 10.1. The maximum atomic E-state index is 12.3. The molecule has 0 aliphatic rings. The van der Waals surface area contributed by atoms with Crippen LogP contribution < -0.4 is 5.32 Å². The molecule has 1 unspecified atom stereocenters. The number of hydrogen-bond acceptors (Lipinski definition) is 6. The van der Waals surface area contributed by atoms with Crippen LogP contribution in [0.25, 0.3) is 17.1 Å². The van der Waals surface area contributed by atoms with Gasteiger partial charge in [-0.1, -0.05) is 17.3 Å². The van der Waals surface area contributed by atoms with Crippen molar-refractivity contribution < 1.29 is 9.32 Å². The van der Waals surface area contributed by atoms with Gasteiger partial charge >= 0.3 is 0 Å². The van der Waals surface area contributed by atoms with E-state index in [9.17, 15) is 4.79 Å². The molecule has 1 aromatic carbocycles. The Morgan fingerprint density at radius 2 is 2.14 bits per heavy atom. The number of hydrogen-bond donors (Lipinski definition) is 1. The van der Waals surface area contributed by atoms with Gasteiger partial charge in [-0.15, -0.1) is 0 Å². The van der Waals surface area contributed by atoms with Gasteiger partial charge in [0.2, 0.25) is 17.6 Å². The Labute approximate surface area is 166 Å². The Morgan fingerprint density at radius 1 is 1.29 bits per heavy atom. The molecule has 3 aromatic heterocycles. The zero-order valence-corrected chi connectivity index (χ0v) is 16.1. The minimum atomic E-state index is -0.0895. The molecule has 7 nitrogen and oxygen atoms in total. The highest BCUT2D eigenvalue weighted by atomic mass is 32.1. The van der Waals surface area contributed by atoms with Crippen LogP contribution in [0.5, 0.6) is 0 Å². The quantitative estimate of drug-likeness (QED) is 0.516. The summed E-state index contributed by atoms with van der Waals surface area (Å²) in [5, 5.41) is 10.9. The second-order valence-electron chi connectivity index (χ2n) is 6.37. The highest BCUT2D eigenvalue weighted by Gasteiger charge is 2.13. The lowest BCUT2D eigenvalue weighted by Crippen LogP contribution is -2.26. The van der Waals surface area contributed by atoms with Gasteiger partial charge in [0, 0.05) is 41.9 Å². The molecule has 3 heterocycles. The summed E-state index contributed by atoms with van der Waals surface area (Å²) < 4.78 is 7.17. The number of carbonyl (C=O) groups is 1. The first-order valence-corrected chi connectivity index (χ1v) is 9.86. The van der Waals surface area contributed by atoms with Crippen molar-refractivity contribution in [3.05, 3.63) is 71.3 Å². The van der Waals surface area contributed by atoms with Crippen molar-refractivity contribution in [2.75, 3.05) is 0 Å². The van der Waals surface area contributed by atoms with Crippen LogP contribution in [-0.4, -0.2) is 25.6 Å². The number of aromatic nitrogens is 4. The van der Waals surface area contributed by atoms with E-state index in [1.54, 1.807) is 23.9 Å². The third-order valence-corrected chi connectivity index (χ3v) is 5.07. The second kappa shape index (κ2) is 8.18. The third-order valence-electron chi connectivity index (χ3n) is 4.39. The highest BCUT2D eigenvalue weighted by molar-refractivity contribution is 7.08. The maximum absolute atomic E-state index is 12.3. The predicted molar refractivity (Wildman–Crippen MR) is 106 cm³/mol. The van der Waals surface area contributed by atoms with Gasteiger partial charge in [-0.3, -0.25) is 4.79 Å². The number of nitrogens with zero attached hydrogens (tertiary/aromatic N) is 4. The summed E-state index contributed by atoms with van der Waals surface area (Å²) in [5.41, 5.74) is 2.99. The van der Waals surface area contributed by atoms with Gasteiger partial charge in [-0.05, 0) is 36.1 Å². The van der Waals surface area contributed by atoms with Crippen molar-refractivity contribution in [3.8, 4) is 17.1 Å². The first-order chi connectivity index (χ1) is 13.7. The number of rotatable bonds is 7. The fourth-order valence-electron chi connectivity index (χ4n) is 2.83. The Kier molecular flexibility index (Phi) is 5.29. The lowest BCUT2D eigenvalue weighted by molar-refractivity contribution is -0.121. The predicted octanol–water partition coefficient (Wildman–Crippen LogP) is 3.79. The molecule has 0 saturated heterocycles. The van der Waals surface area contributed by atoms with Gasteiger partial charge in [0.15, 0.2) is 0 Å². The molecule has 4 aromatic rings. The largest absolute Gasteiger partial charge is 0.350 e. The Bertz CT molecular complexity index is 1020. The average Bonchev–Trinajstić information content (AvgIpc) is 3.49. The zero-order chi connectivity index (χ0) is 19.3. The Balaban J connectivity index is 1.30. The van der Waals surface area contributed by atoms with Gasteiger partial charge in [0.05, 0.1) is 12.4 Å². The summed E-state index contributed by atoms with van der Waals surface area (Å²) in [7, 11) is 0. The van der Waals surface area contributed by atoms with Crippen molar-refractivity contribution in [1.82, 2.24) is 25.0 Å². The van der Waals surface area contributed by atoms with Crippen LogP contribution in [-0.2, 0) is 11.2 Å². The monoisotopic (exact) mass is 393 g/mol. The van der Waals surface area contributed by atoms with E-state index in [0.29, 0.717) is 24.6 Å². The molecule has 28 heavy (non-hydrogen) atoms. The molecule has 0 bridgehead atoms. The van der Waals surface area contributed by atoms with Crippen molar-refractivity contribution in [3.63, 3.8) is 0 Å². The van der Waals surface area contributed by atoms with Crippen LogP contribution in [0.1, 0.15) is 30.8 Å². The fraction of sp³-hybridized carbons (Fsp3) is 0.200. The van der Waals surface area contributed by atoms with Gasteiger partial charge < -0.3 is 14.4 Å². The van der Waals surface area contributed by atoms with Gasteiger partial charge in [0.25, 0.3) is 0 Å². The molecule has 1 amide bonds. The van der Waals surface area contributed by atoms with Gasteiger partial charge in [0.1, 0.15) is 0 Å². The second-order valence-corrected chi connectivity index (χ2v) is 7.15. The normalized spacial score (nSPS) is 12.0. The maximum Gasteiger partial charge on any atom is 0.227 e. The molecule has 0 saturated carbocycles. The van der Waals surface area contributed by atoms with Crippen molar-refractivity contribution in [2.45, 2.75) is 25.8 Å². The summed E-state index contributed by atoms with van der Waals surface area (Å²) in [4.78, 5) is 20.7. The Morgan fingerprint density at radius 3 is 2.86 bits per heavy atom. The third kappa shape index (κ3) is 4.17. The van der Waals surface area contributed by atoms with Gasteiger partial charge in [-0.25, -0.2) is 4.98 Å². The number of benzene rings is 1. The SMILES string of the molecule is CC(NC(=O)CCc1nc(-c2ccsc2)no1)c1ccc(-n2ccnc2)cc1. The summed E-state index contributed by atoms with van der Waals surface area (Å²) >= 11 is 1.58. The molecule has 4 rings (SSSR count). The smallest absolute Gasteiger partial charge is 0.227 e. The molecule has 0 fully saturated rings. The number of carbonyl (C=O) groups excluding carboxylic acids is 1. The molecule has 142 valence electrons. The van der Waals surface area contributed by atoms with Crippen LogP contribution in [0.3, 0.4) is 0 Å².